The predicted molar refractivity (Wildman–Crippen MR) is 116 cm³/mol. The van der Waals surface area contributed by atoms with Crippen molar-refractivity contribution in [2.45, 2.75) is 18.7 Å². The van der Waals surface area contributed by atoms with Crippen LogP contribution in [0.4, 0.5) is 5.13 Å². The molecule has 0 saturated carbocycles. The van der Waals surface area contributed by atoms with Crippen LogP contribution in [0.2, 0.25) is 0 Å². The van der Waals surface area contributed by atoms with Crippen molar-refractivity contribution in [3.05, 3.63) is 65.0 Å². The van der Waals surface area contributed by atoms with Crippen LogP contribution in [0.5, 0.6) is 0 Å². The van der Waals surface area contributed by atoms with Crippen LogP contribution in [0.15, 0.2) is 59.5 Å². The monoisotopic (exact) mass is 444 g/mol. The molecule has 2 aromatic carbocycles. The Morgan fingerprint density at radius 3 is 2.37 bits per heavy atom. The predicted octanol–water partition coefficient (Wildman–Crippen LogP) is 4.03. The van der Waals surface area contributed by atoms with Crippen molar-refractivity contribution in [3.63, 3.8) is 0 Å². The van der Waals surface area contributed by atoms with E-state index in [-0.39, 0.29) is 32.8 Å². The van der Waals surface area contributed by atoms with E-state index in [9.17, 15) is 18.0 Å². The smallest absolute Gasteiger partial charge is 0.350 e. The summed E-state index contributed by atoms with van der Waals surface area (Å²) in [5.41, 5.74) is 1.11. The number of carbonyl (C=O) groups excluding carboxylic acids is 2. The fraction of sp³-hybridized carbons (Fsp3) is 0.190. The number of nitrogens with one attached hydrogen (secondary N) is 1. The number of aromatic nitrogens is 1. The first-order valence-electron chi connectivity index (χ1n) is 9.23. The maximum absolute atomic E-state index is 12.8. The topological polar surface area (TPSA) is 102 Å². The van der Waals surface area contributed by atoms with Crippen LogP contribution < -0.4 is 5.32 Å². The second-order valence-electron chi connectivity index (χ2n) is 6.14. The van der Waals surface area contributed by atoms with E-state index in [1.165, 1.54) is 19.1 Å². The lowest BCUT2D eigenvalue weighted by molar-refractivity contribution is 0.0532. The maximum atomic E-state index is 12.8. The lowest BCUT2D eigenvalue weighted by atomic mass is 10.1. The summed E-state index contributed by atoms with van der Waals surface area (Å²) >= 11 is 0.977. The molecule has 156 valence electrons. The molecule has 30 heavy (non-hydrogen) atoms. The third-order valence-corrected chi connectivity index (χ3v) is 6.94. The number of esters is 1. The Labute approximate surface area is 178 Å². The summed E-state index contributed by atoms with van der Waals surface area (Å²) < 4.78 is 29.8. The van der Waals surface area contributed by atoms with Gasteiger partial charge in [0.05, 0.1) is 28.5 Å². The number of hydrogen-bond acceptors (Lipinski definition) is 7. The SMILES string of the molecule is CCOC(=O)c1sc(NC(=O)c2ccccc2S(=O)(=O)CC)nc1-c1ccccc1. The third kappa shape index (κ3) is 4.58. The van der Waals surface area contributed by atoms with Gasteiger partial charge in [0.15, 0.2) is 15.0 Å². The van der Waals surface area contributed by atoms with Gasteiger partial charge in [0.1, 0.15) is 4.88 Å². The Morgan fingerprint density at radius 1 is 1.03 bits per heavy atom. The molecule has 0 unspecified atom stereocenters. The van der Waals surface area contributed by atoms with Crippen LogP contribution in [0.25, 0.3) is 11.3 Å². The zero-order valence-electron chi connectivity index (χ0n) is 16.4. The molecular formula is C21H20N2O5S2. The van der Waals surface area contributed by atoms with Crippen molar-refractivity contribution in [3.8, 4) is 11.3 Å². The molecule has 1 amide bonds. The molecule has 0 aliphatic carbocycles. The van der Waals surface area contributed by atoms with E-state index in [2.05, 4.69) is 10.3 Å². The highest BCUT2D eigenvalue weighted by Gasteiger charge is 2.24. The largest absolute Gasteiger partial charge is 0.462 e. The molecular weight excluding hydrogens is 424 g/mol. The summed E-state index contributed by atoms with van der Waals surface area (Å²) in [6.45, 7) is 3.42. The van der Waals surface area contributed by atoms with Crippen LogP contribution in [0.1, 0.15) is 33.9 Å². The molecule has 1 heterocycles. The molecule has 3 aromatic rings. The van der Waals surface area contributed by atoms with Crippen LogP contribution in [-0.4, -0.2) is 37.6 Å². The Kier molecular flexibility index (Phi) is 6.63. The molecule has 0 spiro atoms. The van der Waals surface area contributed by atoms with Crippen molar-refractivity contribution in [2.24, 2.45) is 0 Å². The number of amides is 1. The summed E-state index contributed by atoms with van der Waals surface area (Å²) in [5.74, 6) is -1.28. The fourth-order valence-corrected chi connectivity index (χ4v) is 4.71. The molecule has 1 aromatic heterocycles. The van der Waals surface area contributed by atoms with Crippen molar-refractivity contribution < 1.29 is 22.7 Å². The quantitative estimate of drug-likeness (QED) is 0.552. The molecule has 7 nitrogen and oxygen atoms in total. The van der Waals surface area contributed by atoms with E-state index in [0.29, 0.717) is 11.3 Å². The van der Waals surface area contributed by atoms with Gasteiger partial charge >= 0.3 is 5.97 Å². The van der Waals surface area contributed by atoms with Crippen LogP contribution in [-0.2, 0) is 14.6 Å². The number of sulfone groups is 1. The Hall–Kier alpha value is -3.04. The normalized spacial score (nSPS) is 11.1. The van der Waals surface area contributed by atoms with Crippen LogP contribution in [0, 0.1) is 0 Å². The minimum Gasteiger partial charge on any atom is -0.462 e. The molecule has 3 rings (SSSR count). The molecule has 0 aliphatic heterocycles. The van der Waals surface area contributed by atoms with E-state index < -0.39 is 21.7 Å². The molecule has 0 aliphatic rings. The Bertz CT molecular complexity index is 1170. The van der Waals surface area contributed by atoms with Gasteiger partial charge in [0.25, 0.3) is 5.91 Å². The average Bonchev–Trinajstić information content (AvgIpc) is 3.18. The minimum absolute atomic E-state index is 0.0218. The zero-order valence-corrected chi connectivity index (χ0v) is 18.0. The molecule has 0 bridgehead atoms. The van der Waals surface area contributed by atoms with E-state index in [1.54, 1.807) is 31.2 Å². The van der Waals surface area contributed by atoms with Gasteiger partial charge in [-0.05, 0) is 19.1 Å². The average molecular weight is 445 g/mol. The first-order valence-corrected chi connectivity index (χ1v) is 11.7. The lowest BCUT2D eigenvalue weighted by Gasteiger charge is -2.08. The van der Waals surface area contributed by atoms with E-state index in [4.69, 9.17) is 4.74 Å². The number of nitrogens with zero attached hydrogens (tertiary/aromatic N) is 1. The lowest BCUT2D eigenvalue weighted by Crippen LogP contribution is -2.17. The van der Waals surface area contributed by atoms with E-state index in [0.717, 1.165) is 11.3 Å². The van der Waals surface area contributed by atoms with Gasteiger partial charge in [-0.2, -0.15) is 0 Å². The van der Waals surface area contributed by atoms with Gasteiger partial charge in [0.2, 0.25) is 0 Å². The molecule has 0 radical (unpaired) electrons. The summed E-state index contributed by atoms with van der Waals surface area (Å²) in [4.78, 5) is 29.8. The highest BCUT2D eigenvalue weighted by atomic mass is 32.2. The first kappa shape index (κ1) is 21.7. The number of anilines is 1. The number of benzene rings is 2. The molecule has 0 saturated heterocycles. The first-order chi connectivity index (χ1) is 14.4. The second kappa shape index (κ2) is 9.19. The molecule has 1 N–H and O–H groups in total. The second-order valence-corrected chi connectivity index (χ2v) is 9.38. The highest BCUT2D eigenvalue weighted by molar-refractivity contribution is 7.91. The van der Waals surface area contributed by atoms with E-state index in [1.807, 2.05) is 18.2 Å². The number of hydrogen-bond donors (Lipinski definition) is 1. The molecule has 0 fully saturated rings. The Morgan fingerprint density at radius 2 is 1.70 bits per heavy atom. The van der Waals surface area contributed by atoms with Gasteiger partial charge in [-0.1, -0.05) is 60.7 Å². The molecule has 0 atom stereocenters. The number of carbonyl (C=O) groups is 2. The van der Waals surface area contributed by atoms with Crippen molar-refractivity contribution in [1.29, 1.82) is 0 Å². The minimum atomic E-state index is -3.58. The van der Waals surface area contributed by atoms with E-state index >= 15 is 0 Å². The third-order valence-electron chi connectivity index (χ3n) is 4.20. The van der Waals surface area contributed by atoms with Crippen molar-refractivity contribution in [1.82, 2.24) is 4.98 Å². The Balaban J connectivity index is 1.99. The molecule has 9 heteroatoms. The van der Waals surface area contributed by atoms with Gasteiger partial charge in [-0.15, -0.1) is 0 Å². The number of thiazole rings is 1. The summed E-state index contributed by atoms with van der Waals surface area (Å²) in [5, 5.41) is 2.79. The van der Waals surface area contributed by atoms with Gasteiger partial charge < -0.3 is 4.74 Å². The standard InChI is InChI=1S/C21H20N2O5S2/c1-3-28-20(25)18-17(14-10-6-5-7-11-14)22-21(29-18)23-19(24)15-12-8-9-13-16(15)30(26,27)4-2/h5-13H,3-4H2,1-2H3,(H,22,23,24). The maximum Gasteiger partial charge on any atom is 0.350 e. The fourth-order valence-electron chi connectivity index (χ4n) is 2.75. The number of rotatable bonds is 7. The van der Waals surface area contributed by atoms with Gasteiger partial charge in [0, 0.05) is 5.56 Å². The van der Waals surface area contributed by atoms with Crippen LogP contribution in [0.3, 0.4) is 0 Å². The van der Waals surface area contributed by atoms with Crippen molar-refractivity contribution >= 4 is 38.2 Å². The van der Waals surface area contributed by atoms with Gasteiger partial charge in [-0.3, -0.25) is 10.1 Å². The number of ether oxygens (including phenoxy) is 1. The van der Waals surface area contributed by atoms with Gasteiger partial charge in [-0.25, -0.2) is 18.2 Å². The summed E-state index contributed by atoms with van der Waals surface area (Å²) in [6, 6.07) is 15.1. The highest BCUT2D eigenvalue weighted by Crippen LogP contribution is 2.32. The summed E-state index contributed by atoms with van der Waals surface area (Å²) in [6.07, 6.45) is 0. The zero-order chi connectivity index (χ0) is 21.7. The van der Waals surface area contributed by atoms with Crippen molar-refractivity contribution in [2.75, 3.05) is 17.7 Å². The van der Waals surface area contributed by atoms with Crippen LogP contribution >= 0.6 is 11.3 Å². The summed E-state index contributed by atoms with van der Waals surface area (Å²) in [7, 11) is -3.58.